The minimum Gasteiger partial charge on any atom is -0.481 e. The van der Waals surface area contributed by atoms with E-state index in [2.05, 4.69) is 26.1 Å². The van der Waals surface area contributed by atoms with E-state index in [1.807, 2.05) is 0 Å². The molecule has 370 valence electrons. The molecule has 1 aliphatic heterocycles. The lowest BCUT2D eigenvalue weighted by molar-refractivity contribution is -0.225. The molecule has 0 aromatic heterocycles. The number of amides is 1. The third-order valence-corrected chi connectivity index (χ3v) is 12.4. The number of carboxylic acids is 1. The number of unbranched alkanes of at least 4 members (excludes halogenated alkanes) is 24. The summed E-state index contributed by atoms with van der Waals surface area (Å²) in [6.07, 6.45) is 20.6. The van der Waals surface area contributed by atoms with Crippen LogP contribution >= 0.6 is 0 Å². The number of carbonyl (C=O) groups excluding carboxylic acids is 3. The lowest BCUT2D eigenvalue weighted by atomic mass is 9.90. The quantitative estimate of drug-likeness (QED) is 0.0250. The maximum atomic E-state index is 13.5. The second kappa shape index (κ2) is 38.9. The van der Waals surface area contributed by atoms with Gasteiger partial charge >= 0.3 is 17.9 Å². The van der Waals surface area contributed by atoms with Crippen molar-refractivity contribution >= 4 is 23.8 Å². The number of hydrogen-bond acceptors (Lipinski definition) is 11. The first kappa shape index (κ1) is 58.7. The Morgan fingerprint density at radius 1 is 0.492 bits per heavy atom. The first-order valence-corrected chi connectivity index (χ1v) is 25.7. The van der Waals surface area contributed by atoms with Crippen LogP contribution in [-0.2, 0) is 33.4 Å². The Bertz CT molecular complexity index is 1160. The van der Waals surface area contributed by atoms with Crippen LogP contribution in [0, 0.1) is 0 Å². The van der Waals surface area contributed by atoms with Crippen molar-refractivity contribution in [2.45, 2.75) is 288 Å². The van der Waals surface area contributed by atoms with Gasteiger partial charge in [0.2, 0.25) is 5.91 Å². The summed E-state index contributed by atoms with van der Waals surface area (Å²) in [5, 5.41) is 55.3. The normalized spacial score (nSPS) is 20.2. The van der Waals surface area contributed by atoms with Gasteiger partial charge < -0.3 is 45.1 Å². The fourth-order valence-electron chi connectivity index (χ4n) is 8.59. The number of esters is 2. The van der Waals surface area contributed by atoms with E-state index in [4.69, 9.17) is 14.2 Å². The minimum absolute atomic E-state index is 0.301. The zero-order chi connectivity index (χ0) is 46.5. The third-order valence-electron chi connectivity index (χ3n) is 12.4. The van der Waals surface area contributed by atoms with Gasteiger partial charge in [0, 0.05) is 0 Å². The van der Waals surface area contributed by atoms with Crippen LogP contribution in [0.3, 0.4) is 0 Å². The fraction of sp³-hybridized carbons (Fsp3) is 0.920. The number of carboxylic acid groups (broad SMARTS) is 1. The molecule has 0 saturated carbocycles. The van der Waals surface area contributed by atoms with Crippen molar-refractivity contribution in [2.24, 2.45) is 0 Å². The molecule has 1 heterocycles. The highest BCUT2D eigenvalue weighted by Crippen LogP contribution is 2.30. The van der Waals surface area contributed by atoms with Gasteiger partial charge in [-0.1, -0.05) is 194 Å². The standard InChI is InChI=1S/C50H93NO12/c1-4-7-10-13-16-19-22-25-28-31-39(53)34-44(56)51-48-42(37-45(57)58)61-43(38-52)49(62-46(59)35-40(54)32-29-26-23-20-17-14-11-8-5-2)50(48)63-47(60)36-41(55)33-30-27-24-21-18-15-12-9-6-3/h39-43,48-50,52-55H,4-38H2,1-3H3,(H,51,56)(H,57,58)/t39-,40-,41-,42?,43?,48?,49?,50?/m1/s1. The SMILES string of the molecule is CCCCCCCCCCC[C@@H](O)CC(=O)NC1C(CC(=O)O)OC(CO)C(OC(=O)C[C@H](O)CCCCCCCCCCC)C1OC(=O)C[C@H](O)CCCCCCCCCCC. The summed E-state index contributed by atoms with van der Waals surface area (Å²) in [5.41, 5.74) is 0. The number of nitrogens with one attached hydrogen (secondary N) is 1. The summed E-state index contributed by atoms with van der Waals surface area (Å²) in [6.45, 7) is 5.84. The molecular weight excluding hydrogens is 807 g/mol. The molecule has 1 saturated heterocycles. The van der Waals surface area contributed by atoms with Gasteiger partial charge in [-0.3, -0.25) is 19.2 Å². The van der Waals surface area contributed by atoms with Crippen molar-refractivity contribution in [3.05, 3.63) is 0 Å². The number of aliphatic carboxylic acids is 1. The van der Waals surface area contributed by atoms with E-state index < -0.39 is 92.0 Å². The molecule has 0 spiro atoms. The van der Waals surface area contributed by atoms with Gasteiger partial charge in [0.05, 0.1) is 62.7 Å². The Balaban J connectivity index is 3.03. The van der Waals surface area contributed by atoms with Crippen molar-refractivity contribution < 1.29 is 58.9 Å². The predicted octanol–water partition coefficient (Wildman–Crippen LogP) is 9.54. The molecule has 0 aromatic rings. The average molecular weight is 900 g/mol. The van der Waals surface area contributed by atoms with Crippen molar-refractivity contribution in [2.75, 3.05) is 6.61 Å². The van der Waals surface area contributed by atoms with E-state index in [1.54, 1.807) is 0 Å². The second-order valence-corrected chi connectivity index (χ2v) is 18.4. The monoisotopic (exact) mass is 900 g/mol. The molecule has 6 N–H and O–H groups in total. The molecule has 1 rings (SSSR count). The van der Waals surface area contributed by atoms with Crippen molar-refractivity contribution in [3.63, 3.8) is 0 Å². The zero-order valence-corrected chi connectivity index (χ0v) is 40.0. The molecule has 0 aliphatic carbocycles. The Hall–Kier alpha value is -2.32. The third kappa shape index (κ3) is 30.5. The topological polar surface area (TPSA) is 209 Å². The molecule has 1 aliphatic rings. The average Bonchev–Trinajstić information content (AvgIpc) is 3.23. The predicted molar refractivity (Wildman–Crippen MR) is 247 cm³/mol. The lowest BCUT2D eigenvalue weighted by Gasteiger charge is -2.45. The summed E-state index contributed by atoms with van der Waals surface area (Å²) in [6, 6.07) is -1.35. The summed E-state index contributed by atoms with van der Waals surface area (Å²) < 4.78 is 17.7. The molecule has 0 aromatic carbocycles. The second-order valence-electron chi connectivity index (χ2n) is 18.4. The van der Waals surface area contributed by atoms with Gasteiger partial charge in [0.25, 0.3) is 0 Å². The molecule has 13 nitrogen and oxygen atoms in total. The van der Waals surface area contributed by atoms with Gasteiger partial charge in [-0.2, -0.15) is 0 Å². The molecule has 0 radical (unpaired) electrons. The summed E-state index contributed by atoms with van der Waals surface area (Å²) in [4.78, 5) is 52.4. The van der Waals surface area contributed by atoms with Gasteiger partial charge in [-0.15, -0.1) is 0 Å². The van der Waals surface area contributed by atoms with Gasteiger partial charge in [-0.25, -0.2) is 0 Å². The van der Waals surface area contributed by atoms with E-state index in [0.717, 1.165) is 77.0 Å². The fourth-order valence-corrected chi connectivity index (χ4v) is 8.59. The van der Waals surface area contributed by atoms with Crippen LogP contribution in [0.15, 0.2) is 0 Å². The van der Waals surface area contributed by atoms with Crippen LogP contribution < -0.4 is 5.32 Å². The lowest BCUT2D eigenvalue weighted by Crippen LogP contribution is -2.66. The first-order chi connectivity index (χ1) is 30.4. The van der Waals surface area contributed by atoms with Crippen LogP contribution in [-0.4, -0.2) is 105 Å². The van der Waals surface area contributed by atoms with E-state index in [1.165, 1.54) is 96.3 Å². The Labute approximate surface area is 381 Å². The number of ether oxygens (including phenoxy) is 3. The van der Waals surface area contributed by atoms with Gasteiger partial charge in [0.1, 0.15) is 6.10 Å². The van der Waals surface area contributed by atoms with Crippen LogP contribution in [0.5, 0.6) is 0 Å². The number of carbonyl (C=O) groups is 4. The highest BCUT2D eigenvalue weighted by Gasteiger charge is 2.51. The zero-order valence-electron chi connectivity index (χ0n) is 40.0. The first-order valence-electron chi connectivity index (χ1n) is 25.7. The van der Waals surface area contributed by atoms with E-state index in [0.29, 0.717) is 19.3 Å². The Morgan fingerprint density at radius 3 is 1.17 bits per heavy atom. The molecule has 5 unspecified atom stereocenters. The van der Waals surface area contributed by atoms with E-state index in [9.17, 15) is 44.7 Å². The van der Waals surface area contributed by atoms with Gasteiger partial charge in [-0.05, 0) is 19.3 Å². The minimum atomic E-state index is -1.51. The maximum Gasteiger partial charge on any atom is 0.308 e. The molecule has 0 bridgehead atoms. The number of aliphatic hydroxyl groups excluding tert-OH is 4. The highest BCUT2D eigenvalue weighted by molar-refractivity contribution is 5.77. The molecule has 63 heavy (non-hydrogen) atoms. The highest BCUT2D eigenvalue weighted by atomic mass is 16.6. The van der Waals surface area contributed by atoms with Crippen molar-refractivity contribution in [1.82, 2.24) is 5.32 Å². The molecular formula is C50H93NO12. The number of rotatable bonds is 42. The Morgan fingerprint density at radius 2 is 0.825 bits per heavy atom. The van der Waals surface area contributed by atoms with E-state index >= 15 is 0 Å². The van der Waals surface area contributed by atoms with E-state index in [-0.39, 0.29) is 12.8 Å². The number of aliphatic hydroxyl groups is 4. The molecule has 13 heteroatoms. The smallest absolute Gasteiger partial charge is 0.308 e. The summed E-state index contributed by atoms with van der Waals surface area (Å²) in [7, 11) is 0. The van der Waals surface area contributed by atoms with Crippen molar-refractivity contribution in [1.29, 1.82) is 0 Å². The maximum absolute atomic E-state index is 13.5. The summed E-state index contributed by atoms with van der Waals surface area (Å²) in [5.74, 6) is -3.61. The molecule has 8 atom stereocenters. The van der Waals surface area contributed by atoms with Crippen LogP contribution in [0.4, 0.5) is 0 Å². The van der Waals surface area contributed by atoms with Crippen LogP contribution in [0.25, 0.3) is 0 Å². The number of hydrogen-bond donors (Lipinski definition) is 6. The Kier molecular flexibility index (Phi) is 36.2. The molecule has 1 fully saturated rings. The van der Waals surface area contributed by atoms with Crippen LogP contribution in [0.2, 0.25) is 0 Å². The molecule has 1 amide bonds. The summed E-state index contributed by atoms with van der Waals surface area (Å²) >= 11 is 0. The van der Waals surface area contributed by atoms with Crippen LogP contribution in [0.1, 0.15) is 239 Å². The van der Waals surface area contributed by atoms with Gasteiger partial charge in [0.15, 0.2) is 12.2 Å². The largest absolute Gasteiger partial charge is 0.481 e. The van der Waals surface area contributed by atoms with Crippen molar-refractivity contribution in [3.8, 4) is 0 Å².